The summed E-state index contributed by atoms with van der Waals surface area (Å²) in [6.45, 7) is 8.33. The van der Waals surface area contributed by atoms with Crippen LogP contribution in [0.3, 0.4) is 0 Å². The van der Waals surface area contributed by atoms with E-state index in [4.69, 9.17) is 4.74 Å². The molecule has 142 valence electrons. The van der Waals surface area contributed by atoms with Crippen LogP contribution in [0.25, 0.3) is 0 Å². The van der Waals surface area contributed by atoms with Crippen LogP contribution in [0.4, 0.5) is 5.69 Å². The first-order valence-corrected chi connectivity index (χ1v) is 9.26. The molecule has 0 bridgehead atoms. The Morgan fingerprint density at radius 3 is 2.62 bits per heavy atom. The fourth-order valence-electron chi connectivity index (χ4n) is 3.11. The van der Waals surface area contributed by atoms with Crippen LogP contribution in [-0.2, 0) is 19.1 Å². The number of benzene rings is 1. The van der Waals surface area contributed by atoms with E-state index < -0.39 is 18.0 Å². The molecule has 1 saturated heterocycles. The first-order valence-electron chi connectivity index (χ1n) is 9.26. The van der Waals surface area contributed by atoms with E-state index in [1.54, 1.807) is 11.8 Å². The molecule has 0 unspecified atom stereocenters. The van der Waals surface area contributed by atoms with Crippen molar-refractivity contribution in [3.8, 4) is 0 Å². The van der Waals surface area contributed by atoms with Gasteiger partial charge < -0.3 is 15.0 Å². The van der Waals surface area contributed by atoms with Crippen molar-refractivity contribution in [3.05, 3.63) is 29.8 Å². The summed E-state index contributed by atoms with van der Waals surface area (Å²) in [4.78, 5) is 38.3. The van der Waals surface area contributed by atoms with Gasteiger partial charge in [-0.1, -0.05) is 32.0 Å². The normalized spacial score (nSPS) is 19.2. The quantitative estimate of drug-likeness (QED) is 0.759. The van der Waals surface area contributed by atoms with Gasteiger partial charge in [0.15, 0.2) is 6.10 Å². The Hall–Kier alpha value is -2.37. The predicted octanol–water partition coefficient (Wildman–Crippen LogP) is 2.62. The minimum absolute atomic E-state index is 0.0895. The lowest BCUT2D eigenvalue weighted by atomic mass is 9.96. The van der Waals surface area contributed by atoms with Crippen LogP contribution in [0.5, 0.6) is 0 Å². The van der Waals surface area contributed by atoms with Gasteiger partial charge in [-0.2, -0.15) is 0 Å². The van der Waals surface area contributed by atoms with Gasteiger partial charge in [0.1, 0.15) is 0 Å². The van der Waals surface area contributed by atoms with Gasteiger partial charge in [0.25, 0.3) is 5.91 Å². The number of ether oxygens (including phenoxy) is 1. The number of carbonyl (C=O) groups excluding carboxylic acids is 3. The molecule has 1 aliphatic rings. The van der Waals surface area contributed by atoms with E-state index in [0.29, 0.717) is 12.5 Å². The van der Waals surface area contributed by atoms with Gasteiger partial charge in [0.2, 0.25) is 5.91 Å². The van der Waals surface area contributed by atoms with Gasteiger partial charge in [0, 0.05) is 25.2 Å². The van der Waals surface area contributed by atoms with Crippen LogP contribution in [-0.4, -0.2) is 37.0 Å². The van der Waals surface area contributed by atoms with E-state index in [0.717, 1.165) is 17.7 Å². The largest absolute Gasteiger partial charge is 0.452 e. The highest BCUT2D eigenvalue weighted by atomic mass is 16.5. The van der Waals surface area contributed by atoms with Crippen molar-refractivity contribution in [1.82, 2.24) is 5.32 Å². The molecule has 1 aromatic rings. The molecule has 1 fully saturated rings. The molecule has 0 spiro atoms. The SMILES string of the molecule is CCNC(=O)[C@H](C)OC(=O)[C@@H]1CC(=O)N(c2ccccc2[C@@H](C)CC)C1. The fraction of sp³-hybridized carbons (Fsp3) is 0.550. The zero-order chi connectivity index (χ0) is 19.3. The second-order valence-corrected chi connectivity index (χ2v) is 6.75. The lowest BCUT2D eigenvalue weighted by Gasteiger charge is -2.23. The van der Waals surface area contributed by atoms with Gasteiger partial charge in [-0.15, -0.1) is 0 Å². The van der Waals surface area contributed by atoms with Crippen molar-refractivity contribution in [2.45, 2.75) is 52.6 Å². The predicted molar refractivity (Wildman–Crippen MR) is 99.8 cm³/mol. The van der Waals surface area contributed by atoms with Crippen molar-refractivity contribution in [2.75, 3.05) is 18.0 Å². The lowest BCUT2D eigenvalue weighted by Crippen LogP contribution is -2.37. The van der Waals surface area contributed by atoms with Crippen LogP contribution in [0.15, 0.2) is 24.3 Å². The van der Waals surface area contributed by atoms with Crippen LogP contribution in [0.2, 0.25) is 0 Å². The molecule has 1 heterocycles. The molecule has 1 aliphatic heterocycles. The van der Waals surface area contributed by atoms with Crippen molar-refractivity contribution >= 4 is 23.5 Å². The van der Waals surface area contributed by atoms with Crippen LogP contribution >= 0.6 is 0 Å². The van der Waals surface area contributed by atoms with E-state index in [9.17, 15) is 14.4 Å². The number of carbonyl (C=O) groups is 3. The van der Waals surface area contributed by atoms with Crippen molar-refractivity contribution in [2.24, 2.45) is 5.92 Å². The molecule has 0 saturated carbocycles. The van der Waals surface area contributed by atoms with E-state index in [-0.39, 0.29) is 24.8 Å². The number of amides is 2. The number of nitrogens with one attached hydrogen (secondary N) is 1. The van der Waals surface area contributed by atoms with E-state index in [1.807, 2.05) is 24.3 Å². The molecule has 1 aromatic carbocycles. The Morgan fingerprint density at radius 1 is 1.27 bits per heavy atom. The Kier molecular flexibility index (Phi) is 6.77. The fourth-order valence-corrected chi connectivity index (χ4v) is 3.11. The van der Waals surface area contributed by atoms with Crippen LogP contribution in [0, 0.1) is 5.92 Å². The molecule has 6 nitrogen and oxygen atoms in total. The zero-order valence-electron chi connectivity index (χ0n) is 16.0. The van der Waals surface area contributed by atoms with Gasteiger partial charge in [0.05, 0.1) is 5.92 Å². The molecule has 2 amide bonds. The molecular weight excluding hydrogens is 332 g/mol. The maximum absolute atomic E-state index is 12.5. The Bertz CT molecular complexity index is 674. The number of likely N-dealkylation sites (N-methyl/N-ethyl adjacent to an activating group) is 1. The molecule has 0 aromatic heterocycles. The topological polar surface area (TPSA) is 75.7 Å². The number of hydrogen-bond donors (Lipinski definition) is 1. The Labute approximate surface area is 154 Å². The molecule has 1 N–H and O–H groups in total. The maximum Gasteiger partial charge on any atom is 0.312 e. The monoisotopic (exact) mass is 360 g/mol. The molecule has 26 heavy (non-hydrogen) atoms. The van der Waals surface area contributed by atoms with Crippen LogP contribution < -0.4 is 10.2 Å². The molecule has 6 heteroatoms. The minimum atomic E-state index is -0.862. The number of anilines is 1. The second kappa shape index (κ2) is 8.83. The Morgan fingerprint density at radius 2 is 1.96 bits per heavy atom. The van der Waals surface area contributed by atoms with Gasteiger partial charge in [-0.25, -0.2) is 0 Å². The highest BCUT2D eigenvalue weighted by Gasteiger charge is 2.38. The Balaban J connectivity index is 2.09. The summed E-state index contributed by atoms with van der Waals surface area (Å²) in [6.07, 6.45) is 0.212. The number of rotatable bonds is 7. The summed E-state index contributed by atoms with van der Waals surface area (Å²) < 4.78 is 5.25. The summed E-state index contributed by atoms with van der Waals surface area (Å²) in [5, 5.41) is 2.62. The number of hydrogen-bond acceptors (Lipinski definition) is 4. The molecule has 0 aliphatic carbocycles. The standard InChI is InChI=1S/C20H28N2O4/c1-5-13(3)16-9-7-8-10-17(16)22-12-15(11-18(22)23)20(25)26-14(4)19(24)21-6-2/h7-10,13-15H,5-6,11-12H2,1-4H3,(H,21,24)/t13-,14-,15+/m0/s1. The second-order valence-electron chi connectivity index (χ2n) is 6.75. The summed E-state index contributed by atoms with van der Waals surface area (Å²) in [7, 11) is 0. The van der Waals surface area contributed by atoms with E-state index >= 15 is 0 Å². The summed E-state index contributed by atoms with van der Waals surface area (Å²) in [5.74, 6) is -1.15. The first kappa shape index (κ1) is 19.9. The molecule has 2 rings (SSSR count). The lowest BCUT2D eigenvalue weighted by molar-refractivity contribution is -0.158. The molecular formula is C20H28N2O4. The summed E-state index contributed by atoms with van der Waals surface area (Å²) >= 11 is 0. The van der Waals surface area contributed by atoms with Crippen molar-refractivity contribution in [1.29, 1.82) is 0 Å². The van der Waals surface area contributed by atoms with Gasteiger partial charge >= 0.3 is 5.97 Å². The average molecular weight is 360 g/mol. The van der Waals surface area contributed by atoms with Crippen LogP contribution in [0.1, 0.15) is 52.0 Å². The third kappa shape index (κ3) is 4.42. The van der Waals surface area contributed by atoms with E-state index in [2.05, 4.69) is 19.2 Å². The number of nitrogens with zero attached hydrogens (tertiary/aromatic N) is 1. The highest BCUT2D eigenvalue weighted by molar-refractivity contribution is 6.00. The minimum Gasteiger partial charge on any atom is -0.452 e. The highest BCUT2D eigenvalue weighted by Crippen LogP contribution is 2.33. The molecule has 3 atom stereocenters. The number of esters is 1. The number of para-hydroxylation sites is 1. The van der Waals surface area contributed by atoms with Gasteiger partial charge in [-0.05, 0) is 37.8 Å². The zero-order valence-corrected chi connectivity index (χ0v) is 16.0. The third-order valence-corrected chi connectivity index (χ3v) is 4.84. The average Bonchev–Trinajstić information content (AvgIpc) is 3.03. The van der Waals surface area contributed by atoms with Gasteiger partial charge in [-0.3, -0.25) is 14.4 Å². The molecule has 0 radical (unpaired) electrons. The van der Waals surface area contributed by atoms with Crippen molar-refractivity contribution in [3.63, 3.8) is 0 Å². The third-order valence-electron chi connectivity index (χ3n) is 4.84. The van der Waals surface area contributed by atoms with Crippen molar-refractivity contribution < 1.29 is 19.1 Å². The summed E-state index contributed by atoms with van der Waals surface area (Å²) in [5.41, 5.74) is 1.96. The van der Waals surface area contributed by atoms with E-state index in [1.165, 1.54) is 6.92 Å². The smallest absolute Gasteiger partial charge is 0.312 e. The maximum atomic E-state index is 12.5. The first-order chi connectivity index (χ1) is 12.4. The summed E-state index contributed by atoms with van der Waals surface area (Å²) in [6, 6.07) is 7.81.